The molecule has 1 N–H and O–H groups in total. The maximum absolute atomic E-state index is 13.5. The molecule has 0 unspecified atom stereocenters. The van der Waals surface area contributed by atoms with Gasteiger partial charge in [-0.05, 0) is 67.5 Å². The highest BCUT2D eigenvalue weighted by atomic mass is 32.2. The number of rotatable bonds is 5. The van der Waals surface area contributed by atoms with Gasteiger partial charge in [-0.15, -0.1) is 0 Å². The molecule has 2 aliphatic rings. The number of thiocarbonyl (C=S) groups is 1. The summed E-state index contributed by atoms with van der Waals surface area (Å²) in [4.78, 5) is 33.3. The van der Waals surface area contributed by atoms with Gasteiger partial charge in [-0.1, -0.05) is 49.1 Å². The molecule has 35 heavy (non-hydrogen) atoms. The highest BCUT2D eigenvalue weighted by molar-refractivity contribution is 8.26. The van der Waals surface area contributed by atoms with Crippen LogP contribution in [0.3, 0.4) is 0 Å². The van der Waals surface area contributed by atoms with Crippen LogP contribution in [0.15, 0.2) is 58.4 Å². The third kappa shape index (κ3) is 5.01. The van der Waals surface area contributed by atoms with Gasteiger partial charge in [-0.3, -0.25) is 18.9 Å². The van der Waals surface area contributed by atoms with Crippen molar-refractivity contribution in [2.45, 2.75) is 45.2 Å². The van der Waals surface area contributed by atoms with Crippen LogP contribution in [0.5, 0.6) is 0 Å². The van der Waals surface area contributed by atoms with Crippen LogP contribution in [0.2, 0.25) is 0 Å². The Morgan fingerprint density at radius 3 is 2.63 bits per heavy atom. The number of nitrogens with zero attached hydrogens (tertiary/aromatic N) is 3. The molecule has 3 aromatic rings. The van der Waals surface area contributed by atoms with Crippen molar-refractivity contribution in [3.63, 3.8) is 0 Å². The molecule has 1 saturated carbocycles. The van der Waals surface area contributed by atoms with Crippen molar-refractivity contribution in [1.82, 2.24) is 14.3 Å². The molecule has 1 amide bonds. The quantitative estimate of drug-likeness (QED) is 0.376. The Labute approximate surface area is 212 Å². The number of fused-ring (bicyclic) bond motifs is 1. The molecule has 1 saturated heterocycles. The summed E-state index contributed by atoms with van der Waals surface area (Å²) in [5.41, 5.74) is 1.41. The predicted octanol–water partition coefficient (Wildman–Crippen LogP) is 5.23. The zero-order valence-corrected chi connectivity index (χ0v) is 20.9. The highest BCUT2D eigenvalue weighted by Crippen LogP contribution is 2.34. The van der Waals surface area contributed by atoms with Gasteiger partial charge in [0, 0.05) is 12.2 Å². The summed E-state index contributed by atoms with van der Waals surface area (Å²) >= 11 is 6.62. The molecule has 2 aromatic heterocycles. The highest BCUT2D eigenvalue weighted by Gasteiger charge is 2.33. The number of hydrogen-bond donors (Lipinski definition) is 1. The lowest BCUT2D eigenvalue weighted by Gasteiger charge is -2.27. The minimum Gasteiger partial charge on any atom is -0.367 e. The molecule has 3 heterocycles. The third-order valence-electron chi connectivity index (χ3n) is 6.53. The standard InChI is InChI=1S/C26H25FN4O2S2/c1-16-5-11-19(12-6-16)28-23-20(24(32)30-13-3-2-4-22(30)29-23)14-21-25(33)31(26(34)35-21)15-17-7-9-18(27)10-8-17/h2-4,7-10,13-14,16,19,28H,5-6,11-12,15H2,1H3/b21-14+. The molecule has 0 bridgehead atoms. The van der Waals surface area contributed by atoms with Crippen LogP contribution in [0.1, 0.15) is 43.7 Å². The van der Waals surface area contributed by atoms with E-state index in [1.807, 2.05) is 6.07 Å². The van der Waals surface area contributed by atoms with E-state index in [0.717, 1.165) is 43.0 Å². The molecule has 5 rings (SSSR count). The predicted molar refractivity (Wildman–Crippen MR) is 142 cm³/mol. The first-order valence-corrected chi connectivity index (χ1v) is 12.9. The second kappa shape index (κ2) is 9.91. The maximum Gasteiger partial charge on any atom is 0.267 e. The van der Waals surface area contributed by atoms with Crippen molar-refractivity contribution in [3.05, 3.63) is 80.9 Å². The van der Waals surface area contributed by atoms with E-state index in [0.29, 0.717) is 32.2 Å². The number of carbonyl (C=O) groups excluding carboxylic acids is 1. The van der Waals surface area contributed by atoms with Gasteiger partial charge in [0.15, 0.2) is 0 Å². The van der Waals surface area contributed by atoms with E-state index in [4.69, 9.17) is 17.2 Å². The Morgan fingerprint density at radius 2 is 1.89 bits per heavy atom. The lowest BCUT2D eigenvalue weighted by atomic mass is 9.87. The largest absolute Gasteiger partial charge is 0.367 e. The maximum atomic E-state index is 13.5. The molecule has 6 nitrogen and oxygen atoms in total. The summed E-state index contributed by atoms with van der Waals surface area (Å²) in [6.07, 6.45) is 7.55. The number of aromatic nitrogens is 2. The first-order valence-electron chi connectivity index (χ1n) is 11.7. The number of carbonyl (C=O) groups is 1. The fourth-order valence-corrected chi connectivity index (χ4v) is 5.72. The van der Waals surface area contributed by atoms with E-state index in [-0.39, 0.29) is 29.9 Å². The van der Waals surface area contributed by atoms with Crippen molar-refractivity contribution >= 4 is 51.7 Å². The van der Waals surface area contributed by atoms with Crippen molar-refractivity contribution < 1.29 is 9.18 Å². The van der Waals surface area contributed by atoms with Gasteiger partial charge in [-0.2, -0.15) is 0 Å². The molecule has 1 aliphatic heterocycles. The molecule has 1 aliphatic carbocycles. The number of halogens is 1. The monoisotopic (exact) mass is 508 g/mol. The van der Waals surface area contributed by atoms with E-state index < -0.39 is 0 Å². The number of amides is 1. The van der Waals surface area contributed by atoms with E-state index in [2.05, 4.69) is 12.2 Å². The Hall–Kier alpha value is -3.04. The van der Waals surface area contributed by atoms with Gasteiger partial charge in [0.1, 0.15) is 21.6 Å². The first-order chi connectivity index (χ1) is 16.9. The summed E-state index contributed by atoms with van der Waals surface area (Å²) < 4.78 is 15.2. The number of hydrogen-bond acceptors (Lipinski definition) is 6. The zero-order valence-electron chi connectivity index (χ0n) is 19.2. The summed E-state index contributed by atoms with van der Waals surface area (Å²) in [6.45, 7) is 2.50. The topological polar surface area (TPSA) is 66.7 Å². The molecule has 2 fully saturated rings. The molecule has 1 aromatic carbocycles. The van der Waals surface area contributed by atoms with Crippen LogP contribution in [-0.4, -0.2) is 30.6 Å². The van der Waals surface area contributed by atoms with Crippen LogP contribution < -0.4 is 10.9 Å². The van der Waals surface area contributed by atoms with Gasteiger partial charge in [-0.25, -0.2) is 9.37 Å². The van der Waals surface area contributed by atoms with Gasteiger partial charge in [0.25, 0.3) is 11.5 Å². The van der Waals surface area contributed by atoms with E-state index in [9.17, 15) is 14.0 Å². The fraction of sp³-hybridized carbons (Fsp3) is 0.308. The molecule has 0 radical (unpaired) electrons. The number of benzene rings is 1. The Balaban J connectivity index is 1.49. The first kappa shape index (κ1) is 23.7. The molecular formula is C26H25FN4O2S2. The smallest absolute Gasteiger partial charge is 0.267 e. The minimum absolute atomic E-state index is 0.226. The van der Waals surface area contributed by atoms with Crippen LogP contribution in [0.25, 0.3) is 11.7 Å². The molecule has 0 atom stereocenters. The number of pyridine rings is 1. The Kier molecular flexibility index (Phi) is 6.71. The van der Waals surface area contributed by atoms with Crippen molar-refractivity contribution in [3.8, 4) is 0 Å². The Bertz CT molecular complexity index is 1380. The van der Waals surface area contributed by atoms with Gasteiger partial charge < -0.3 is 5.32 Å². The van der Waals surface area contributed by atoms with Crippen molar-refractivity contribution in [2.24, 2.45) is 5.92 Å². The molecule has 180 valence electrons. The third-order valence-corrected chi connectivity index (χ3v) is 7.91. The summed E-state index contributed by atoms with van der Waals surface area (Å²) in [5, 5.41) is 3.49. The van der Waals surface area contributed by atoms with Crippen LogP contribution in [-0.2, 0) is 11.3 Å². The van der Waals surface area contributed by atoms with Gasteiger partial charge in [0.2, 0.25) is 0 Å². The van der Waals surface area contributed by atoms with Crippen LogP contribution >= 0.6 is 24.0 Å². The number of thioether (sulfide) groups is 1. The molecule has 9 heteroatoms. The molecule has 0 spiro atoms. The normalized spacial score (nSPS) is 21.8. The van der Waals surface area contributed by atoms with Crippen LogP contribution in [0.4, 0.5) is 10.2 Å². The minimum atomic E-state index is -0.337. The van der Waals surface area contributed by atoms with E-state index in [1.165, 1.54) is 21.4 Å². The summed E-state index contributed by atoms with van der Waals surface area (Å²) in [6, 6.07) is 11.6. The fourth-order valence-electron chi connectivity index (χ4n) is 4.48. The van der Waals surface area contributed by atoms with Crippen molar-refractivity contribution in [2.75, 3.05) is 5.32 Å². The molecular weight excluding hydrogens is 483 g/mol. The second-order valence-corrected chi connectivity index (χ2v) is 10.8. The summed E-state index contributed by atoms with van der Waals surface area (Å²) in [7, 11) is 0. The van der Waals surface area contributed by atoms with E-state index in [1.54, 1.807) is 36.5 Å². The van der Waals surface area contributed by atoms with Gasteiger partial charge in [0.05, 0.1) is 17.0 Å². The van der Waals surface area contributed by atoms with E-state index >= 15 is 0 Å². The lowest BCUT2D eigenvalue weighted by molar-refractivity contribution is -0.122. The lowest BCUT2D eigenvalue weighted by Crippen LogP contribution is -2.29. The second-order valence-electron chi connectivity index (χ2n) is 9.10. The number of nitrogens with one attached hydrogen (secondary N) is 1. The Morgan fingerprint density at radius 1 is 1.14 bits per heavy atom. The zero-order chi connectivity index (χ0) is 24.5. The number of anilines is 1. The average Bonchev–Trinajstić information content (AvgIpc) is 3.11. The van der Waals surface area contributed by atoms with Gasteiger partial charge >= 0.3 is 0 Å². The SMILES string of the molecule is CC1CCC(Nc2nc3ccccn3c(=O)c2/C=C2/SC(=S)N(Cc3ccc(F)cc3)C2=O)CC1. The average molecular weight is 509 g/mol. The van der Waals surface area contributed by atoms with Crippen LogP contribution in [0, 0.1) is 11.7 Å². The van der Waals surface area contributed by atoms with Crippen molar-refractivity contribution in [1.29, 1.82) is 0 Å². The summed E-state index contributed by atoms with van der Waals surface area (Å²) in [5.74, 6) is 0.574.